The Morgan fingerprint density at radius 2 is 1.89 bits per heavy atom. The second-order valence-electron chi connectivity index (χ2n) is 10.6. The van der Waals surface area contributed by atoms with E-state index >= 15 is 0 Å². The lowest BCUT2D eigenvalue weighted by atomic mass is 9.60. The third kappa shape index (κ3) is 4.80. The number of aromatic nitrogens is 4. The molecule has 194 valence electrons. The summed E-state index contributed by atoms with van der Waals surface area (Å²) < 4.78 is 46.8. The van der Waals surface area contributed by atoms with Gasteiger partial charge in [0.15, 0.2) is 0 Å². The van der Waals surface area contributed by atoms with Gasteiger partial charge in [-0.15, -0.1) is 5.10 Å². The molecule has 1 saturated heterocycles. The Morgan fingerprint density at radius 1 is 1.19 bits per heavy atom. The number of nitrogen functional groups attached to an aromatic ring is 1. The molecule has 13 heteroatoms. The van der Waals surface area contributed by atoms with Crippen molar-refractivity contribution in [3.63, 3.8) is 0 Å². The summed E-state index contributed by atoms with van der Waals surface area (Å²) in [6.45, 7) is 6.97. The smallest absolute Gasteiger partial charge is 0.419 e. The van der Waals surface area contributed by atoms with Crippen molar-refractivity contribution in [2.75, 3.05) is 24.1 Å². The molecular formula is C23H28F3N7O2S. The van der Waals surface area contributed by atoms with Gasteiger partial charge in [0, 0.05) is 30.9 Å². The number of alkyl halides is 3. The molecule has 5 rings (SSSR count). The Kier molecular flexibility index (Phi) is 5.80. The minimum atomic E-state index is -4.60. The predicted molar refractivity (Wildman–Crippen MR) is 130 cm³/mol. The summed E-state index contributed by atoms with van der Waals surface area (Å²) in [5.74, 6) is -0.566. The Labute approximate surface area is 209 Å². The van der Waals surface area contributed by atoms with Crippen LogP contribution in [0.1, 0.15) is 52.0 Å². The second-order valence-corrected chi connectivity index (χ2v) is 11.6. The number of nitrogens with zero attached hydrogens (tertiary/aromatic N) is 5. The van der Waals surface area contributed by atoms with Crippen LogP contribution in [-0.4, -0.2) is 55.3 Å². The van der Waals surface area contributed by atoms with Crippen LogP contribution in [0.5, 0.6) is 0 Å². The molecule has 2 fully saturated rings. The zero-order valence-electron chi connectivity index (χ0n) is 20.2. The van der Waals surface area contributed by atoms with Crippen molar-refractivity contribution in [3.05, 3.63) is 24.0 Å². The van der Waals surface area contributed by atoms with Gasteiger partial charge in [-0.1, -0.05) is 11.3 Å². The van der Waals surface area contributed by atoms with Gasteiger partial charge in [0.1, 0.15) is 11.4 Å². The topological polar surface area (TPSA) is 111 Å². The number of carbonyl (C=O) groups is 1. The van der Waals surface area contributed by atoms with Gasteiger partial charge in [-0.3, -0.25) is 0 Å². The van der Waals surface area contributed by atoms with Gasteiger partial charge in [-0.2, -0.15) is 13.2 Å². The number of nitrogens with two attached hydrogens (primary N) is 1. The highest BCUT2D eigenvalue weighted by molar-refractivity contribution is 7.20. The van der Waals surface area contributed by atoms with Crippen LogP contribution in [-0.2, 0) is 10.9 Å². The summed E-state index contributed by atoms with van der Waals surface area (Å²) in [5.41, 5.74) is 4.79. The van der Waals surface area contributed by atoms with Gasteiger partial charge in [0.05, 0.1) is 17.5 Å². The molecule has 1 aliphatic carbocycles. The molecule has 0 atom stereocenters. The predicted octanol–water partition coefficient (Wildman–Crippen LogP) is 5.05. The molecule has 9 nitrogen and oxygen atoms in total. The maximum atomic E-state index is 13.3. The first-order chi connectivity index (χ1) is 16.8. The van der Waals surface area contributed by atoms with E-state index in [2.05, 4.69) is 20.4 Å². The van der Waals surface area contributed by atoms with Crippen LogP contribution >= 0.6 is 11.3 Å². The molecule has 1 amide bonds. The Hall–Kier alpha value is -3.09. The number of rotatable bonds is 3. The summed E-state index contributed by atoms with van der Waals surface area (Å²) in [4.78, 5) is 22.7. The van der Waals surface area contributed by atoms with E-state index in [4.69, 9.17) is 10.5 Å². The molecule has 3 N–H and O–H groups in total. The SMILES string of the molecule is CC(C)(C)OC(=O)N1CCC2(CC1)CC(Nc1nn3c(-c4cnc(N)c(C(F)(F)F)c4)cnc3s1)C2. The molecule has 36 heavy (non-hydrogen) atoms. The van der Waals surface area contributed by atoms with E-state index in [0.29, 0.717) is 28.9 Å². The number of halogens is 3. The number of carbonyl (C=O) groups excluding carboxylic acids is 1. The van der Waals surface area contributed by atoms with Crippen molar-refractivity contribution in [1.82, 2.24) is 24.5 Å². The van der Waals surface area contributed by atoms with Crippen molar-refractivity contribution < 1.29 is 22.7 Å². The van der Waals surface area contributed by atoms with Crippen LogP contribution in [0.3, 0.4) is 0 Å². The van der Waals surface area contributed by atoms with Gasteiger partial charge in [0.25, 0.3) is 0 Å². The maximum Gasteiger partial charge on any atom is 0.419 e. The molecule has 1 aliphatic heterocycles. The quantitative estimate of drug-likeness (QED) is 0.495. The lowest BCUT2D eigenvalue weighted by Crippen LogP contribution is -2.53. The minimum absolute atomic E-state index is 0.211. The first kappa shape index (κ1) is 24.6. The van der Waals surface area contributed by atoms with Gasteiger partial charge in [-0.05, 0) is 57.9 Å². The van der Waals surface area contributed by atoms with E-state index in [0.717, 1.165) is 31.7 Å². The van der Waals surface area contributed by atoms with Crippen LogP contribution in [0, 0.1) is 5.41 Å². The van der Waals surface area contributed by atoms with Crippen LogP contribution in [0.4, 0.5) is 28.9 Å². The molecule has 1 spiro atoms. The van der Waals surface area contributed by atoms with Crippen LogP contribution in [0.25, 0.3) is 16.2 Å². The molecule has 3 aromatic rings. The Balaban J connectivity index is 1.21. The number of anilines is 2. The fraction of sp³-hybridized carbons (Fsp3) is 0.565. The summed E-state index contributed by atoms with van der Waals surface area (Å²) in [6, 6.07) is 1.21. The number of likely N-dealkylation sites (tertiary alicyclic amines) is 1. The van der Waals surface area contributed by atoms with Crippen molar-refractivity contribution in [2.24, 2.45) is 5.41 Å². The zero-order valence-corrected chi connectivity index (χ0v) is 21.0. The number of imidazole rings is 1. The second kappa shape index (κ2) is 8.49. The normalized spacial score (nSPS) is 18.4. The standard InChI is InChI=1S/C23H28F3N7O2S/c1-21(2,3)35-20(34)32-6-4-22(5-7-32)9-14(10-22)30-18-31-33-16(12-29-19(33)36-18)13-8-15(23(24,25)26)17(27)28-11-13/h8,11-12,14H,4-7,9-10H2,1-3H3,(H2,27,28)(H,30,31). The molecular weight excluding hydrogens is 495 g/mol. The van der Waals surface area contributed by atoms with Gasteiger partial charge in [0.2, 0.25) is 10.1 Å². The van der Waals surface area contributed by atoms with Crippen LogP contribution in [0.15, 0.2) is 18.5 Å². The third-order valence-corrected chi connectivity index (χ3v) is 7.62. The van der Waals surface area contributed by atoms with Crippen molar-refractivity contribution in [3.8, 4) is 11.3 Å². The molecule has 2 aliphatic rings. The third-order valence-electron chi connectivity index (χ3n) is 6.77. The largest absolute Gasteiger partial charge is 0.444 e. The van der Waals surface area contributed by atoms with Crippen LogP contribution in [0.2, 0.25) is 0 Å². The Bertz CT molecular complexity index is 1280. The number of fused-ring (bicyclic) bond motifs is 1. The minimum Gasteiger partial charge on any atom is -0.444 e. The van der Waals surface area contributed by atoms with E-state index in [-0.39, 0.29) is 23.1 Å². The maximum absolute atomic E-state index is 13.3. The number of hydrogen-bond donors (Lipinski definition) is 2. The molecule has 0 aromatic carbocycles. The average molecular weight is 524 g/mol. The van der Waals surface area contributed by atoms with Gasteiger partial charge < -0.3 is 20.7 Å². The van der Waals surface area contributed by atoms with Gasteiger partial charge in [-0.25, -0.2) is 19.3 Å². The summed E-state index contributed by atoms with van der Waals surface area (Å²) in [6.07, 6.45) is 1.72. The molecule has 0 unspecified atom stereocenters. The lowest BCUT2D eigenvalue weighted by Gasteiger charge is -2.52. The number of ether oxygens (including phenoxy) is 1. The van der Waals surface area contributed by atoms with E-state index in [1.54, 1.807) is 4.90 Å². The highest BCUT2D eigenvalue weighted by atomic mass is 32.1. The summed E-state index contributed by atoms with van der Waals surface area (Å²) >= 11 is 1.34. The van der Waals surface area contributed by atoms with E-state index in [1.165, 1.54) is 28.2 Å². The van der Waals surface area contributed by atoms with Crippen molar-refractivity contribution in [2.45, 2.75) is 64.3 Å². The van der Waals surface area contributed by atoms with Crippen LogP contribution < -0.4 is 11.1 Å². The lowest BCUT2D eigenvalue weighted by molar-refractivity contribution is -0.137. The van der Waals surface area contributed by atoms with Gasteiger partial charge >= 0.3 is 12.3 Å². The van der Waals surface area contributed by atoms with E-state index < -0.39 is 23.2 Å². The highest BCUT2D eigenvalue weighted by Crippen LogP contribution is 2.50. The fourth-order valence-corrected chi connectivity index (χ4v) is 5.80. The van der Waals surface area contributed by atoms with E-state index in [9.17, 15) is 18.0 Å². The molecule has 0 radical (unpaired) electrons. The number of nitrogens with one attached hydrogen (secondary N) is 1. The fourth-order valence-electron chi connectivity index (χ4n) is 4.95. The summed E-state index contributed by atoms with van der Waals surface area (Å²) in [5, 5.41) is 8.64. The summed E-state index contributed by atoms with van der Waals surface area (Å²) in [7, 11) is 0. The molecule has 3 aromatic heterocycles. The first-order valence-corrected chi connectivity index (χ1v) is 12.6. The Morgan fingerprint density at radius 3 is 2.53 bits per heavy atom. The number of pyridine rings is 1. The number of hydrogen-bond acceptors (Lipinski definition) is 8. The number of amides is 1. The van der Waals surface area contributed by atoms with Crippen molar-refractivity contribution >= 4 is 33.3 Å². The first-order valence-electron chi connectivity index (χ1n) is 11.7. The molecule has 4 heterocycles. The highest BCUT2D eigenvalue weighted by Gasteiger charge is 2.47. The molecule has 1 saturated carbocycles. The molecule has 0 bridgehead atoms. The monoisotopic (exact) mass is 523 g/mol. The van der Waals surface area contributed by atoms with E-state index in [1.807, 2.05) is 20.8 Å². The average Bonchev–Trinajstić information content (AvgIpc) is 3.32. The zero-order chi connectivity index (χ0) is 25.9. The number of piperidine rings is 1. The van der Waals surface area contributed by atoms with Crippen molar-refractivity contribution in [1.29, 1.82) is 0 Å².